The number of rotatable bonds is 5. The number of hydrogen-bond donors (Lipinski definition) is 0. The number of unbranched alkanes of at least 4 members (excludes halogenated alkanes) is 2. The van der Waals surface area contributed by atoms with Crippen molar-refractivity contribution in [3.05, 3.63) is 35.4 Å². The largest absolute Gasteiger partial charge is 0.198 e. The number of aryl methyl sites for hydroxylation is 1. The summed E-state index contributed by atoms with van der Waals surface area (Å²) in [5.41, 5.74) is 2.79. The Morgan fingerprint density at radius 2 is 1.80 bits per heavy atom. The first-order valence-electron chi connectivity index (χ1n) is 5.70. The van der Waals surface area contributed by atoms with Crippen LogP contribution in [0.4, 0.5) is 0 Å². The van der Waals surface area contributed by atoms with Gasteiger partial charge in [-0.1, -0.05) is 38.1 Å². The molecule has 0 aromatic heterocycles. The molecule has 0 atom stereocenters. The van der Waals surface area contributed by atoms with Gasteiger partial charge in [0.05, 0.1) is 6.07 Å². The smallest absolute Gasteiger partial charge is 0.0621 e. The summed E-state index contributed by atoms with van der Waals surface area (Å²) in [6.45, 7) is 4.42. The highest BCUT2D eigenvalue weighted by Crippen LogP contribution is 2.15. The van der Waals surface area contributed by atoms with Gasteiger partial charge in [0, 0.05) is 6.42 Å². The minimum absolute atomic E-state index is 0.609. The minimum atomic E-state index is 0.609. The van der Waals surface area contributed by atoms with Gasteiger partial charge in [-0.05, 0) is 36.3 Å². The van der Waals surface area contributed by atoms with Crippen LogP contribution in [0.5, 0.6) is 0 Å². The molecule has 0 saturated carbocycles. The molecular weight excluding hydrogens is 182 g/mol. The van der Waals surface area contributed by atoms with Crippen molar-refractivity contribution in [2.24, 2.45) is 0 Å². The van der Waals surface area contributed by atoms with E-state index in [0.717, 1.165) is 19.3 Å². The highest BCUT2D eigenvalue weighted by Gasteiger charge is 1.98. The maximum atomic E-state index is 8.41. The molecule has 1 aromatic rings. The fraction of sp³-hybridized carbons (Fsp3) is 0.500. The molecule has 0 N–H and O–H groups in total. The average molecular weight is 201 g/mol. The predicted octanol–water partition coefficient (Wildman–Crippen LogP) is 4.05. The van der Waals surface area contributed by atoms with Gasteiger partial charge in [-0.2, -0.15) is 5.26 Å². The fourth-order valence-electron chi connectivity index (χ4n) is 1.60. The van der Waals surface area contributed by atoms with E-state index in [2.05, 4.69) is 44.2 Å². The maximum Gasteiger partial charge on any atom is 0.0621 e. The first kappa shape index (κ1) is 11.8. The molecule has 15 heavy (non-hydrogen) atoms. The zero-order valence-electron chi connectivity index (χ0n) is 9.66. The number of nitriles is 1. The third-order valence-corrected chi connectivity index (χ3v) is 2.65. The first-order valence-corrected chi connectivity index (χ1v) is 5.70. The normalized spacial score (nSPS) is 10.3. The van der Waals surface area contributed by atoms with Crippen LogP contribution in [0.25, 0.3) is 0 Å². The SMILES string of the molecule is CC(C)c1ccc(CCCCC#N)cc1. The molecular formula is C14H19N. The van der Waals surface area contributed by atoms with Crippen molar-refractivity contribution in [3.8, 4) is 6.07 Å². The highest BCUT2D eigenvalue weighted by atomic mass is 14.2. The van der Waals surface area contributed by atoms with Crippen molar-refractivity contribution in [3.63, 3.8) is 0 Å². The van der Waals surface area contributed by atoms with E-state index < -0.39 is 0 Å². The molecule has 0 fully saturated rings. The zero-order valence-corrected chi connectivity index (χ0v) is 9.66. The van der Waals surface area contributed by atoms with Gasteiger partial charge in [-0.3, -0.25) is 0 Å². The van der Waals surface area contributed by atoms with Crippen molar-refractivity contribution in [1.29, 1.82) is 5.26 Å². The summed E-state index contributed by atoms with van der Waals surface area (Å²) >= 11 is 0. The van der Waals surface area contributed by atoms with Crippen LogP contribution >= 0.6 is 0 Å². The van der Waals surface area contributed by atoms with Gasteiger partial charge in [0.15, 0.2) is 0 Å². The summed E-state index contributed by atoms with van der Waals surface area (Å²) in [6.07, 6.45) is 3.92. The Bertz CT molecular complexity index is 316. The van der Waals surface area contributed by atoms with E-state index >= 15 is 0 Å². The van der Waals surface area contributed by atoms with Crippen molar-refractivity contribution in [2.75, 3.05) is 0 Å². The van der Waals surface area contributed by atoms with E-state index in [4.69, 9.17) is 5.26 Å². The third-order valence-electron chi connectivity index (χ3n) is 2.65. The van der Waals surface area contributed by atoms with E-state index in [-0.39, 0.29) is 0 Å². The lowest BCUT2D eigenvalue weighted by molar-refractivity contribution is 0.751. The zero-order chi connectivity index (χ0) is 11.1. The Morgan fingerprint density at radius 3 is 2.33 bits per heavy atom. The quantitative estimate of drug-likeness (QED) is 0.659. The van der Waals surface area contributed by atoms with Crippen LogP contribution in [0.1, 0.15) is 50.2 Å². The molecule has 0 bridgehead atoms. The number of hydrogen-bond acceptors (Lipinski definition) is 1. The lowest BCUT2D eigenvalue weighted by Gasteiger charge is -2.06. The summed E-state index contributed by atoms with van der Waals surface area (Å²) in [4.78, 5) is 0. The lowest BCUT2D eigenvalue weighted by Crippen LogP contribution is -1.89. The summed E-state index contributed by atoms with van der Waals surface area (Å²) in [6, 6.07) is 11.0. The second-order valence-corrected chi connectivity index (χ2v) is 4.26. The molecule has 80 valence electrons. The Morgan fingerprint density at radius 1 is 1.13 bits per heavy atom. The van der Waals surface area contributed by atoms with Gasteiger partial charge in [0.2, 0.25) is 0 Å². The van der Waals surface area contributed by atoms with Crippen molar-refractivity contribution in [2.45, 2.75) is 45.4 Å². The molecule has 0 saturated heterocycles. The van der Waals surface area contributed by atoms with Gasteiger partial charge in [0.1, 0.15) is 0 Å². The molecule has 0 heterocycles. The van der Waals surface area contributed by atoms with E-state index in [1.54, 1.807) is 0 Å². The van der Waals surface area contributed by atoms with Gasteiger partial charge in [-0.15, -0.1) is 0 Å². The summed E-state index contributed by atoms with van der Waals surface area (Å²) in [7, 11) is 0. The third kappa shape index (κ3) is 4.16. The monoisotopic (exact) mass is 201 g/mol. The Hall–Kier alpha value is -1.29. The first-order chi connectivity index (χ1) is 7.24. The van der Waals surface area contributed by atoms with Crippen LogP contribution in [-0.4, -0.2) is 0 Å². The van der Waals surface area contributed by atoms with Crippen LogP contribution < -0.4 is 0 Å². The lowest BCUT2D eigenvalue weighted by atomic mass is 10.00. The minimum Gasteiger partial charge on any atom is -0.198 e. The van der Waals surface area contributed by atoms with Crippen LogP contribution in [0.2, 0.25) is 0 Å². The number of nitrogens with zero attached hydrogens (tertiary/aromatic N) is 1. The molecule has 0 radical (unpaired) electrons. The van der Waals surface area contributed by atoms with Crippen LogP contribution in [0, 0.1) is 11.3 Å². The van der Waals surface area contributed by atoms with E-state index in [9.17, 15) is 0 Å². The van der Waals surface area contributed by atoms with Crippen molar-refractivity contribution < 1.29 is 0 Å². The van der Waals surface area contributed by atoms with Crippen molar-refractivity contribution in [1.82, 2.24) is 0 Å². The Kier molecular flexibility index (Phi) is 4.90. The topological polar surface area (TPSA) is 23.8 Å². The van der Waals surface area contributed by atoms with Gasteiger partial charge in [-0.25, -0.2) is 0 Å². The predicted molar refractivity (Wildman–Crippen MR) is 63.7 cm³/mol. The van der Waals surface area contributed by atoms with Gasteiger partial charge >= 0.3 is 0 Å². The standard InChI is InChI=1S/C14H19N/c1-12(2)14-9-7-13(8-10-14)6-4-3-5-11-15/h7-10,12H,3-6H2,1-2H3. The maximum absolute atomic E-state index is 8.41. The Labute approximate surface area is 92.7 Å². The molecule has 1 aromatic carbocycles. The summed E-state index contributed by atoms with van der Waals surface area (Å²) < 4.78 is 0. The van der Waals surface area contributed by atoms with Crippen LogP contribution in [0.3, 0.4) is 0 Å². The van der Waals surface area contributed by atoms with Gasteiger partial charge < -0.3 is 0 Å². The van der Waals surface area contributed by atoms with Gasteiger partial charge in [0.25, 0.3) is 0 Å². The molecule has 1 heteroatoms. The second kappa shape index (κ2) is 6.24. The molecule has 1 nitrogen and oxygen atoms in total. The molecule has 0 aliphatic carbocycles. The fourth-order valence-corrected chi connectivity index (χ4v) is 1.60. The average Bonchev–Trinajstić information content (AvgIpc) is 2.25. The molecule has 0 aliphatic heterocycles. The summed E-state index contributed by atoms with van der Waals surface area (Å²) in [5.74, 6) is 0.609. The Balaban J connectivity index is 2.40. The van der Waals surface area contributed by atoms with E-state index in [0.29, 0.717) is 12.3 Å². The second-order valence-electron chi connectivity index (χ2n) is 4.26. The van der Waals surface area contributed by atoms with Crippen LogP contribution in [0.15, 0.2) is 24.3 Å². The molecule has 0 amide bonds. The molecule has 1 rings (SSSR count). The molecule has 0 spiro atoms. The molecule has 0 unspecified atom stereocenters. The van der Waals surface area contributed by atoms with E-state index in [1.807, 2.05) is 0 Å². The number of benzene rings is 1. The van der Waals surface area contributed by atoms with E-state index in [1.165, 1.54) is 11.1 Å². The van der Waals surface area contributed by atoms with Crippen LogP contribution in [-0.2, 0) is 6.42 Å². The summed E-state index contributed by atoms with van der Waals surface area (Å²) in [5, 5.41) is 8.41. The molecule has 0 aliphatic rings. The van der Waals surface area contributed by atoms with Crippen molar-refractivity contribution >= 4 is 0 Å². The highest BCUT2D eigenvalue weighted by molar-refractivity contribution is 5.24.